The number of aromatic nitrogens is 5. The number of aryl methyl sites for hydroxylation is 1. The maximum Gasteiger partial charge on any atom is 0.490 e. The minimum atomic E-state index is -5.08. The summed E-state index contributed by atoms with van der Waals surface area (Å²) in [6.07, 6.45) is -4.73. The Bertz CT molecular complexity index is 1900. The van der Waals surface area contributed by atoms with Crippen molar-refractivity contribution in [2.45, 2.75) is 25.9 Å². The first kappa shape index (κ1) is 37.5. The third-order valence-electron chi connectivity index (χ3n) is 6.18. The van der Waals surface area contributed by atoms with Crippen LogP contribution in [-0.4, -0.2) is 72.2 Å². The van der Waals surface area contributed by atoms with Gasteiger partial charge in [-0.3, -0.25) is 15.0 Å². The standard InChI is InChI=1S/C26H25N7O2.2C2HF3O2/c1-17-24(19-14-28-32(2)15-19)31-33(21-9-5-4-6-10-21)25(17)30-26(34)29-23-11-7-8-18-13-27-20(16-35-3)12-22(18)23;2*3-2(4,5)1(6)7/h4-15H,16H2,1-3H3,(H2,29,30,34);2*(H,6,7). The number of nitrogens with zero attached hydrogens (tertiary/aromatic N) is 5. The third-order valence-corrected chi connectivity index (χ3v) is 6.18. The monoisotopic (exact) mass is 695 g/mol. The van der Waals surface area contributed by atoms with E-state index in [1.165, 1.54) is 0 Å². The molecule has 0 saturated heterocycles. The highest BCUT2D eigenvalue weighted by Gasteiger charge is 2.38. The van der Waals surface area contributed by atoms with Gasteiger partial charge in [0.2, 0.25) is 0 Å². The molecule has 0 saturated carbocycles. The van der Waals surface area contributed by atoms with E-state index in [0.717, 1.165) is 39.0 Å². The van der Waals surface area contributed by atoms with Crippen LogP contribution in [0, 0.1) is 6.92 Å². The van der Waals surface area contributed by atoms with Crippen molar-refractivity contribution < 1.29 is 55.7 Å². The Labute approximate surface area is 272 Å². The van der Waals surface area contributed by atoms with Crippen LogP contribution < -0.4 is 10.6 Å². The summed E-state index contributed by atoms with van der Waals surface area (Å²) in [6, 6.07) is 16.9. The number of pyridine rings is 1. The molecule has 4 N–H and O–H groups in total. The molecular weight excluding hydrogens is 668 g/mol. The summed E-state index contributed by atoms with van der Waals surface area (Å²) >= 11 is 0. The molecule has 0 unspecified atom stereocenters. The number of carboxylic acid groups (broad SMARTS) is 2. The summed E-state index contributed by atoms with van der Waals surface area (Å²) in [5.74, 6) is -4.94. The van der Waals surface area contributed by atoms with Crippen molar-refractivity contribution in [2.75, 3.05) is 17.7 Å². The summed E-state index contributed by atoms with van der Waals surface area (Å²) in [5.41, 5.74) is 4.75. The summed E-state index contributed by atoms with van der Waals surface area (Å²) < 4.78 is 72.1. The number of aliphatic carboxylic acids is 2. The Morgan fingerprint density at radius 2 is 1.51 bits per heavy atom. The van der Waals surface area contributed by atoms with Crippen molar-refractivity contribution in [1.82, 2.24) is 24.5 Å². The van der Waals surface area contributed by atoms with Crippen LogP contribution in [0.4, 0.5) is 42.6 Å². The first-order valence-electron chi connectivity index (χ1n) is 13.6. The van der Waals surface area contributed by atoms with Gasteiger partial charge in [0.15, 0.2) is 0 Å². The Morgan fingerprint density at radius 3 is 2.04 bits per heavy atom. The molecule has 5 aromatic rings. The average molecular weight is 696 g/mol. The summed E-state index contributed by atoms with van der Waals surface area (Å²) in [6.45, 7) is 2.33. The van der Waals surface area contributed by atoms with E-state index in [2.05, 4.69) is 20.7 Å². The number of nitrogens with one attached hydrogen (secondary N) is 2. The Morgan fingerprint density at radius 1 is 0.898 bits per heavy atom. The number of anilines is 2. The van der Waals surface area contributed by atoms with Crippen molar-refractivity contribution in [3.05, 3.63) is 84.4 Å². The van der Waals surface area contributed by atoms with Gasteiger partial charge < -0.3 is 20.3 Å². The number of ether oxygens (including phenoxy) is 1. The lowest BCUT2D eigenvalue weighted by molar-refractivity contribution is -0.193. The van der Waals surface area contributed by atoms with Crippen LogP contribution in [-0.2, 0) is 28.0 Å². The lowest BCUT2D eigenvalue weighted by atomic mass is 10.1. The van der Waals surface area contributed by atoms with E-state index < -0.39 is 24.3 Å². The largest absolute Gasteiger partial charge is 0.490 e. The van der Waals surface area contributed by atoms with Crippen LogP contribution in [0.1, 0.15) is 11.3 Å². The zero-order chi connectivity index (χ0) is 36.5. The van der Waals surface area contributed by atoms with E-state index in [-0.39, 0.29) is 6.03 Å². The molecule has 0 bridgehead atoms. The fraction of sp³-hybridized carbons (Fsp3) is 0.200. The number of carbonyl (C=O) groups is 3. The van der Waals surface area contributed by atoms with Crippen molar-refractivity contribution in [3.63, 3.8) is 0 Å². The highest BCUT2D eigenvalue weighted by molar-refractivity contribution is 6.06. The first-order valence-corrected chi connectivity index (χ1v) is 13.6. The number of carbonyl (C=O) groups excluding carboxylic acids is 1. The van der Waals surface area contributed by atoms with Crippen molar-refractivity contribution in [3.8, 4) is 16.9 Å². The third kappa shape index (κ3) is 10.3. The van der Waals surface area contributed by atoms with Gasteiger partial charge >= 0.3 is 30.3 Å². The predicted octanol–water partition coefficient (Wildman–Crippen LogP) is 6.19. The second-order valence-electron chi connectivity index (χ2n) is 9.79. The molecule has 0 fully saturated rings. The van der Waals surface area contributed by atoms with Gasteiger partial charge in [0, 0.05) is 48.5 Å². The Kier molecular flexibility index (Phi) is 12.0. The molecule has 0 aliphatic carbocycles. The molecule has 2 aromatic carbocycles. The minimum Gasteiger partial charge on any atom is -0.475 e. The fourth-order valence-electron chi connectivity index (χ4n) is 4.03. The number of hydrogen-bond donors (Lipinski definition) is 4. The minimum absolute atomic E-state index is 0.375. The number of hydrogen-bond acceptors (Lipinski definition) is 7. The second kappa shape index (κ2) is 15.7. The predicted molar refractivity (Wildman–Crippen MR) is 163 cm³/mol. The fourth-order valence-corrected chi connectivity index (χ4v) is 4.03. The molecule has 0 atom stereocenters. The van der Waals surface area contributed by atoms with Crippen molar-refractivity contribution in [1.29, 1.82) is 0 Å². The van der Waals surface area contributed by atoms with Crippen LogP contribution in [0.25, 0.3) is 27.7 Å². The number of amides is 2. The number of rotatable bonds is 6. The van der Waals surface area contributed by atoms with Gasteiger partial charge in [0.1, 0.15) is 11.5 Å². The Balaban J connectivity index is 0.000000392. The number of fused-ring (bicyclic) bond motifs is 1. The molecule has 19 heteroatoms. The molecule has 49 heavy (non-hydrogen) atoms. The molecule has 3 aromatic heterocycles. The van der Waals surface area contributed by atoms with Gasteiger partial charge in [0.05, 0.1) is 29.9 Å². The molecule has 13 nitrogen and oxygen atoms in total. The number of halogens is 6. The highest BCUT2D eigenvalue weighted by Crippen LogP contribution is 2.31. The first-order chi connectivity index (χ1) is 22.9. The van der Waals surface area contributed by atoms with E-state index in [0.29, 0.717) is 18.1 Å². The van der Waals surface area contributed by atoms with Crippen LogP contribution in [0.3, 0.4) is 0 Å². The number of para-hydroxylation sites is 1. The van der Waals surface area contributed by atoms with Crippen LogP contribution in [0.5, 0.6) is 0 Å². The SMILES string of the molecule is COCc1cc2c(NC(=O)Nc3c(C)c(-c4cnn(C)c4)nn3-c3ccccc3)cccc2cn1.O=C(O)C(F)(F)F.O=C(O)C(F)(F)F. The highest BCUT2D eigenvalue weighted by atomic mass is 19.4. The maximum atomic E-state index is 13.2. The van der Waals surface area contributed by atoms with E-state index in [1.54, 1.807) is 28.9 Å². The molecule has 5 rings (SSSR count). The van der Waals surface area contributed by atoms with Crippen molar-refractivity contribution in [2.24, 2.45) is 7.05 Å². The zero-order valence-electron chi connectivity index (χ0n) is 25.7. The van der Waals surface area contributed by atoms with E-state index in [9.17, 15) is 31.1 Å². The van der Waals surface area contributed by atoms with Gasteiger partial charge in [0.25, 0.3) is 0 Å². The smallest absolute Gasteiger partial charge is 0.475 e. The number of alkyl halides is 6. The summed E-state index contributed by atoms with van der Waals surface area (Å²) in [7, 11) is 3.48. The van der Waals surface area contributed by atoms with E-state index in [1.807, 2.05) is 74.8 Å². The topological polar surface area (TPSA) is 173 Å². The normalized spacial score (nSPS) is 11.1. The van der Waals surface area contributed by atoms with Gasteiger partial charge in [-0.15, -0.1) is 0 Å². The number of methoxy groups -OCH3 is 1. The molecule has 0 spiro atoms. The van der Waals surface area contributed by atoms with Gasteiger partial charge in [-0.25, -0.2) is 19.1 Å². The average Bonchev–Trinajstić information content (AvgIpc) is 3.60. The van der Waals surface area contributed by atoms with Gasteiger partial charge in [-0.05, 0) is 31.2 Å². The second-order valence-corrected chi connectivity index (χ2v) is 9.79. The number of benzene rings is 2. The molecular formula is C30H27F6N7O6. The van der Waals surface area contributed by atoms with E-state index >= 15 is 0 Å². The molecule has 3 heterocycles. The van der Waals surface area contributed by atoms with Crippen LogP contribution in [0.2, 0.25) is 0 Å². The lowest BCUT2D eigenvalue weighted by Gasteiger charge is -2.13. The zero-order valence-corrected chi connectivity index (χ0v) is 25.7. The Hall–Kier alpha value is -5.98. The number of urea groups is 1. The summed E-state index contributed by atoms with van der Waals surface area (Å²) in [4.78, 5) is 35.4. The van der Waals surface area contributed by atoms with Crippen LogP contribution >= 0.6 is 0 Å². The quantitative estimate of drug-likeness (QED) is 0.151. The maximum absolute atomic E-state index is 13.2. The van der Waals surface area contributed by atoms with E-state index in [4.69, 9.17) is 29.6 Å². The number of carboxylic acids is 2. The molecule has 0 radical (unpaired) electrons. The molecule has 2 amide bonds. The van der Waals surface area contributed by atoms with Gasteiger partial charge in [-0.1, -0.05) is 30.3 Å². The molecule has 0 aliphatic heterocycles. The van der Waals surface area contributed by atoms with Crippen LogP contribution in [0.15, 0.2) is 73.2 Å². The van der Waals surface area contributed by atoms with Gasteiger partial charge in [-0.2, -0.15) is 36.5 Å². The molecule has 0 aliphatic rings. The lowest BCUT2D eigenvalue weighted by Crippen LogP contribution is -2.22. The summed E-state index contributed by atoms with van der Waals surface area (Å²) in [5, 5.41) is 31.1. The molecule has 260 valence electrons. The van der Waals surface area contributed by atoms with Crippen molar-refractivity contribution >= 4 is 40.2 Å².